The molecular weight excluding hydrogens is 617 g/mol. The fourth-order valence-electron chi connectivity index (χ4n) is 7.64. The molecule has 8 aromatic rings. The van der Waals surface area contributed by atoms with Crippen molar-refractivity contribution in [3.05, 3.63) is 193 Å². The summed E-state index contributed by atoms with van der Waals surface area (Å²) in [6.45, 7) is 4.67. The Morgan fingerprint density at radius 2 is 0.804 bits per heavy atom. The van der Waals surface area contributed by atoms with Gasteiger partial charge in [0, 0.05) is 22.1 Å². The van der Waals surface area contributed by atoms with E-state index in [0.29, 0.717) is 5.82 Å². The molecule has 7 aromatic carbocycles. The second-order valence-corrected chi connectivity index (χ2v) is 13.8. The van der Waals surface area contributed by atoms with Gasteiger partial charge in [-0.1, -0.05) is 178 Å². The van der Waals surface area contributed by atoms with Crippen molar-refractivity contribution in [2.24, 2.45) is 0 Å². The lowest BCUT2D eigenvalue weighted by molar-refractivity contribution is 0.660. The molecule has 0 fully saturated rings. The molecule has 1 heterocycles. The largest absolute Gasteiger partial charge is 0.228 e. The highest BCUT2D eigenvalue weighted by molar-refractivity contribution is 5.93. The van der Waals surface area contributed by atoms with Crippen LogP contribution in [-0.2, 0) is 5.41 Å². The molecule has 9 rings (SSSR count). The molecule has 0 aliphatic heterocycles. The van der Waals surface area contributed by atoms with Crippen LogP contribution < -0.4 is 0 Å². The molecule has 0 radical (unpaired) electrons. The first-order chi connectivity index (χ1) is 25.0. The van der Waals surface area contributed by atoms with E-state index in [4.69, 9.17) is 9.97 Å². The van der Waals surface area contributed by atoms with E-state index in [2.05, 4.69) is 184 Å². The van der Waals surface area contributed by atoms with Crippen molar-refractivity contribution < 1.29 is 0 Å². The molecule has 0 spiro atoms. The summed E-state index contributed by atoms with van der Waals surface area (Å²) in [4.78, 5) is 10.2. The maximum atomic E-state index is 5.14. The molecule has 1 aromatic heterocycles. The molecular formula is C49H36N2. The van der Waals surface area contributed by atoms with E-state index in [9.17, 15) is 0 Å². The monoisotopic (exact) mass is 652 g/mol. The van der Waals surface area contributed by atoms with E-state index in [1.54, 1.807) is 0 Å². The third-order valence-electron chi connectivity index (χ3n) is 10.3. The second kappa shape index (κ2) is 12.5. The van der Waals surface area contributed by atoms with Crippen molar-refractivity contribution in [1.29, 1.82) is 0 Å². The molecule has 0 unspecified atom stereocenters. The molecule has 2 heteroatoms. The summed E-state index contributed by atoms with van der Waals surface area (Å²) in [5.74, 6) is 0.706. The van der Waals surface area contributed by atoms with Crippen LogP contribution in [0.25, 0.3) is 78.4 Å². The number of hydrogen-bond acceptors (Lipinski definition) is 2. The fourth-order valence-corrected chi connectivity index (χ4v) is 7.64. The van der Waals surface area contributed by atoms with Crippen molar-refractivity contribution in [2.45, 2.75) is 19.3 Å². The summed E-state index contributed by atoms with van der Waals surface area (Å²) in [5, 5.41) is 0. The maximum Gasteiger partial charge on any atom is 0.160 e. The van der Waals surface area contributed by atoms with Crippen molar-refractivity contribution in [3.8, 4) is 78.4 Å². The minimum atomic E-state index is -0.0280. The summed E-state index contributed by atoms with van der Waals surface area (Å²) >= 11 is 0. The summed E-state index contributed by atoms with van der Waals surface area (Å²) in [7, 11) is 0. The summed E-state index contributed by atoms with van der Waals surface area (Å²) in [6.07, 6.45) is 0. The van der Waals surface area contributed by atoms with Gasteiger partial charge in [0.05, 0.1) is 11.4 Å². The van der Waals surface area contributed by atoms with E-state index in [-0.39, 0.29) is 5.41 Å². The lowest BCUT2D eigenvalue weighted by Crippen LogP contribution is -2.14. The van der Waals surface area contributed by atoms with Crippen LogP contribution in [0.4, 0.5) is 0 Å². The Hall–Kier alpha value is -6.38. The van der Waals surface area contributed by atoms with Crippen LogP contribution in [0.1, 0.15) is 25.0 Å². The van der Waals surface area contributed by atoms with Crippen molar-refractivity contribution in [3.63, 3.8) is 0 Å². The minimum Gasteiger partial charge on any atom is -0.228 e. The molecule has 1 aliphatic carbocycles. The first-order valence-electron chi connectivity index (χ1n) is 17.6. The molecule has 51 heavy (non-hydrogen) atoms. The number of benzene rings is 7. The van der Waals surface area contributed by atoms with Gasteiger partial charge in [0.15, 0.2) is 5.82 Å². The Morgan fingerprint density at radius 3 is 1.53 bits per heavy atom. The number of aromatic nitrogens is 2. The highest BCUT2D eigenvalue weighted by atomic mass is 14.9. The number of hydrogen-bond donors (Lipinski definition) is 0. The summed E-state index contributed by atoms with van der Waals surface area (Å²) in [5.41, 5.74) is 17.5. The van der Waals surface area contributed by atoms with Crippen LogP contribution in [-0.4, -0.2) is 9.97 Å². The molecule has 0 N–H and O–H groups in total. The van der Waals surface area contributed by atoms with Crippen molar-refractivity contribution in [2.75, 3.05) is 0 Å². The Bertz CT molecular complexity index is 2530. The standard InChI is InChI=1S/C49H36N2/c1-49(2)43-24-10-9-22-42(43)47-41(23-13-25-44(47)49)39-20-11-18-37(30-39)34-26-28-36(29-27-34)48-50-45(35-16-7-4-8-17-35)32-46(51-48)40-21-12-19-38(31-40)33-14-5-3-6-15-33/h3-32H,1-2H3. The van der Waals surface area contributed by atoms with Crippen LogP contribution in [0.15, 0.2) is 182 Å². The van der Waals surface area contributed by atoms with E-state index < -0.39 is 0 Å². The van der Waals surface area contributed by atoms with Crippen LogP contribution in [0.5, 0.6) is 0 Å². The van der Waals surface area contributed by atoms with E-state index >= 15 is 0 Å². The Labute approximate surface area is 299 Å². The molecule has 0 atom stereocenters. The normalized spacial score (nSPS) is 12.7. The third kappa shape index (κ3) is 5.56. The van der Waals surface area contributed by atoms with Gasteiger partial charge in [0.2, 0.25) is 0 Å². The topological polar surface area (TPSA) is 25.8 Å². The van der Waals surface area contributed by atoms with Gasteiger partial charge in [0.25, 0.3) is 0 Å². The predicted octanol–water partition coefficient (Wildman–Crippen LogP) is 12.8. The van der Waals surface area contributed by atoms with Gasteiger partial charge in [-0.15, -0.1) is 0 Å². The van der Waals surface area contributed by atoms with Crippen molar-refractivity contribution >= 4 is 0 Å². The highest BCUT2D eigenvalue weighted by Crippen LogP contribution is 2.52. The minimum absolute atomic E-state index is 0.0280. The van der Waals surface area contributed by atoms with Crippen LogP contribution >= 0.6 is 0 Å². The van der Waals surface area contributed by atoms with Gasteiger partial charge in [-0.25, -0.2) is 9.97 Å². The Balaban J connectivity index is 1.09. The average molecular weight is 653 g/mol. The number of nitrogens with zero attached hydrogens (tertiary/aromatic N) is 2. The summed E-state index contributed by atoms with van der Waals surface area (Å²) < 4.78 is 0. The highest BCUT2D eigenvalue weighted by Gasteiger charge is 2.36. The first kappa shape index (κ1) is 30.7. The van der Waals surface area contributed by atoms with Gasteiger partial charge < -0.3 is 0 Å². The smallest absolute Gasteiger partial charge is 0.160 e. The van der Waals surface area contributed by atoms with Gasteiger partial charge in [-0.2, -0.15) is 0 Å². The molecule has 0 saturated heterocycles. The van der Waals surface area contributed by atoms with Crippen molar-refractivity contribution in [1.82, 2.24) is 9.97 Å². The Morgan fingerprint density at radius 1 is 0.333 bits per heavy atom. The zero-order valence-corrected chi connectivity index (χ0v) is 28.7. The van der Waals surface area contributed by atoms with Gasteiger partial charge >= 0.3 is 0 Å². The third-order valence-corrected chi connectivity index (χ3v) is 10.3. The maximum absolute atomic E-state index is 5.14. The van der Waals surface area contributed by atoms with Crippen LogP contribution in [0, 0.1) is 0 Å². The zero-order chi connectivity index (χ0) is 34.4. The summed E-state index contributed by atoms with van der Waals surface area (Å²) in [6, 6.07) is 64.8. The molecule has 0 amide bonds. The van der Waals surface area contributed by atoms with E-state index in [1.165, 1.54) is 44.5 Å². The quantitative estimate of drug-likeness (QED) is 0.179. The lowest BCUT2D eigenvalue weighted by atomic mass is 9.82. The van der Waals surface area contributed by atoms with E-state index in [1.807, 2.05) is 12.1 Å². The second-order valence-electron chi connectivity index (χ2n) is 13.8. The van der Waals surface area contributed by atoms with Gasteiger partial charge in [-0.3, -0.25) is 0 Å². The Kier molecular flexibility index (Phi) is 7.51. The van der Waals surface area contributed by atoms with Crippen LogP contribution in [0.2, 0.25) is 0 Å². The molecule has 1 aliphatic rings. The molecule has 0 bridgehead atoms. The number of rotatable bonds is 6. The first-order valence-corrected chi connectivity index (χ1v) is 17.6. The molecule has 2 nitrogen and oxygen atoms in total. The molecule has 0 saturated carbocycles. The van der Waals surface area contributed by atoms with E-state index in [0.717, 1.165) is 39.2 Å². The SMILES string of the molecule is CC1(C)c2ccccc2-c2c(-c3cccc(-c4ccc(-c5nc(-c6ccccc6)cc(-c6cccc(-c7ccccc7)c6)n5)cc4)c3)cccc21. The predicted molar refractivity (Wildman–Crippen MR) is 212 cm³/mol. The zero-order valence-electron chi connectivity index (χ0n) is 28.7. The molecule has 242 valence electrons. The fraction of sp³-hybridized carbons (Fsp3) is 0.0612. The van der Waals surface area contributed by atoms with Crippen LogP contribution in [0.3, 0.4) is 0 Å². The lowest BCUT2D eigenvalue weighted by Gasteiger charge is -2.21. The average Bonchev–Trinajstić information content (AvgIpc) is 3.44. The van der Waals surface area contributed by atoms with Gasteiger partial charge in [0.1, 0.15) is 0 Å². The number of fused-ring (bicyclic) bond motifs is 3. The van der Waals surface area contributed by atoms with Gasteiger partial charge in [-0.05, 0) is 73.8 Å².